The van der Waals surface area contributed by atoms with E-state index in [0.717, 1.165) is 24.4 Å². The Morgan fingerprint density at radius 2 is 2.06 bits per heavy atom. The summed E-state index contributed by atoms with van der Waals surface area (Å²) < 4.78 is 2.06. The Labute approximate surface area is 110 Å². The molecule has 0 aliphatic rings. The van der Waals surface area contributed by atoms with E-state index >= 15 is 0 Å². The van der Waals surface area contributed by atoms with Crippen LogP contribution in [-0.2, 0) is 6.54 Å². The van der Waals surface area contributed by atoms with E-state index in [9.17, 15) is 0 Å². The summed E-state index contributed by atoms with van der Waals surface area (Å²) in [5.74, 6) is 0.748. The van der Waals surface area contributed by atoms with Crippen molar-refractivity contribution in [1.29, 1.82) is 0 Å². The number of halogens is 1. The second-order valence-electron chi connectivity index (χ2n) is 4.79. The molecule has 2 atom stereocenters. The highest BCUT2D eigenvalue weighted by molar-refractivity contribution is 6.20. The van der Waals surface area contributed by atoms with Crippen LogP contribution in [0.25, 0.3) is 0 Å². The maximum atomic E-state index is 6.20. The highest BCUT2D eigenvalue weighted by atomic mass is 35.5. The van der Waals surface area contributed by atoms with Crippen LogP contribution >= 0.6 is 11.6 Å². The molecule has 1 rings (SSSR count). The largest absolute Gasteiger partial charge is 0.272 e. The van der Waals surface area contributed by atoms with Crippen molar-refractivity contribution in [2.45, 2.75) is 64.8 Å². The Hall–Kier alpha value is -0.500. The van der Waals surface area contributed by atoms with E-state index in [4.69, 9.17) is 11.6 Å². The van der Waals surface area contributed by atoms with Gasteiger partial charge >= 0.3 is 0 Å². The Kier molecular flexibility index (Phi) is 6.64. The van der Waals surface area contributed by atoms with Crippen molar-refractivity contribution in [3.05, 3.63) is 18.0 Å². The van der Waals surface area contributed by atoms with Crippen molar-refractivity contribution in [3.63, 3.8) is 0 Å². The standard InChI is InChI=1S/C14H25ClN2/c1-4-7-8-12(5-2)10-17-11-13(9-16-17)14(15)6-3/h9,11-12,14H,4-8,10H2,1-3H3. The third-order valence-corrected chi connectivity index (χ3v) is 3.92. The van der Waals surface area contributed by atoms with Gasteiger partial charge in [0, 0.05) is 18.3 Å². The van der Waals surface area contributed by atoms with Gasteiger partial charge in [-0.05, 0) is 18.8 Å². The van der Waals surface area contributed by atoms with Crippen LogP contribution in [0, 0.1) is 5.92 Å². The lowest BCUT2D eigenvalue weighted by molar-refractivity contribution is 0.372. The van der Waals surface area contributed by atoms with Crippen molar-refractivity contribution < 1.29 is 0 Å². The molecule has 0 amide bonds. The molecular weight excluding hydrogens is 232 g/mol. The van der Waals surface area contributed by atoms with Crippen molar-refractivity contribution in [1.82, 2.24) is 9.78 Å². The summed E-state index contributed by atoms with van der Waals surface area (Å²) in [5, 5.41) is 4.52. The molecule has 0 bridgehead atoms. The van der Waals surface area contributed by atoms with Gasteiger partial charge < -0.3 is 0 Å². The molecule has 2 unspecified atom stereocenters. The van der Waals surface area contributed by atoms with Crippen molar-refractivity contribution in [2.75, 3.05) is 0 Å². The predicted molar refractivity (Wildman–Crippen MR) is 74.4 cm³/mol. The number of hydrogen-bond acceptors (Lipinski definition) is 1. The summed E-state index contributed by atoms with van der Waals surface area (Å²) in [6.45, 7) is 7.65. The molecule has 17 heavy (non-hydrogen) atoms. The van der Waals surface area contributed by atoms with E-state index in [2.05, 4.69) is 36.7 Å². The molecule has 98 valence electrons. The van der Waals surface area contributed by atoms with E-state index in [-0.39, 0.29) is 5.38 Å². The van der Waals surface area contributed by atoms with Gasteiger partial charge in [0.25, 0.3) is 0 Å². The zero-order valence-corrected chi connectivity index (χ0v) is 12.1. The van der Waals surface area contributed by atoms with E-state index in [1.165, 1.54) is 25.7 Å². The molecule has 1 heterocycles. The Morgan fingerprint density at radius 1 is 1.29 bits per heavy atom. The monoisotopic (exact) mass is 256 g/mol. The van der Waals surface area contributed by atoms with Crippen molar-refractivity contribution in [2.24, 2.45) is 5.92 Å². The predicted octanol–water partition coefficient (Wildman–Crippen LogP) is 4.79. The second kappa shape index (κ2) is 7.75. The average molecular weight is 257 g/mol. The number of nitrogens with zero attached hydrogens (tertiary/aromatic N) is 2. The van der Waals surface area contributed by atoms with Crippen LogP contribution < -0.4 is 0 Å². The number of rotatable bonds is 8. The fourth-order valence-electron chi connectivity index (χ4n) is 2.06. The molecule has 0 saturated heterocycles. The Morgan fingerprint density at radius 3 is 2.65 bits per heavy atom. The van der Waals surface area contributed by atoms with Crippen LogP contribution in [-0.4, -0.2) is 9.78 Å². The Bertz CT molecular complexity index is 309. The molecule has 2 nitrogen and oxygen atoms in total. The lowest BCUT2D eigenvalue weighted by Crippen LogP contribution is -2.10. The highest BCUT2D eigenvalue weighted by Crippen LogP contribution is 2.23. The van der Waals surface area contributed by atoms with Crippen LogP contribution in [0.5, 0.6) is 0 Å². The van der Waals surface area contributed by atoms with Crippen LogP contribution in [0.2, 0.25) is 0 Å². The third kappa shape index (κ3) is 4.71. The van der Waals surface area contributed by atoms with Gasteiger partial charge in [0.05, 0.1) is 11.6 Å². The number of hydrogen-bond donors (Lipinski definition) is 0. The number of aromatic nitrogens is 2. The summed E-state index contributed by atoms with van der Waals surface area (Å²) in [4.78, 5) is 0. The first-order valence-corrected chi connectivity index (χ1v) is 7.31. The fraction of sp³-hybridized carbons (Fsp3) is 0.786. The summed E-state index contributed by atoms with van der Waals surface area (Å²) >= 11 is 6.20. The molecule has 1 aromatic heterocycles. The third-order valence-electron chi connectivity index (χ3n) is 3.36. The summed E-state index contributed by atoms with van der Waals surface area (Å²) in [6.07, 6.45) is 10.1. The SMILES string of the molecule is CCCCC(CC)Cn1cc(C(Cl)CC)cn1. The van der Waals surface area contributed by atoms with Crippen LogP contribution in [0.4, 0.5) is 0 Å². The first-order valence-electron chi connectivity index (χ1n) is 6.87. The molecule has 0 saturated carbocycles. The molecule has 0 N–H and O–H groups in total. The number of unbranched alkanes of at least 4 members (excludes halogenated alkanes) is 1. The van der Waals surface area contributed by atoms with Crippen LogP contribution in [0.15, 0.2) is 12.4 Å². The van der Waals surface area contributed by atoms with Crippen molar-refractivity contribution in [3.8, 4) is 0 Å². The minimum absolute atomic E-state index is 0.111. The van der Waals surface area contributed by atoms with E-state index < -0.39 is 0 Å². The summed E-state index contributed by atoms with van der Waals surface area (Å²) in [6, 6.07) is 0. The lowest BCUT2D eigenvalue weighted by atomic mass is 9.99. The minimum Gasteiger partial charge on any atom is -0.272 e. The molecule has 0 fully saturated rings. The Balaban J connectivity index is 2.52. The summed E-state index contributed by atoms with van der Waals surface area (Å²) in [7, 11) is 0. The first-order chi connectivity index (χ1) is 8.21. The average Bonchev–Trinajstić information content (AvgIpc) is 2.81. The van der Waals surface area contributed by atoms with E-state index in [1.807, 2.05) is 6.20 Å². The zero-order valence-electron chi connectivity index (χ0n) is 11.3. The van der Waals surface area contributed by atoms with E-state index in [0.29, 0.717) is 0 Å². The summed E-state index contributed by atoms with van der Waals surface area (Å²) in [5.41, 5.74) is 1.15. The fourth-order valence-corrected chi connectivity index (χ4v) is 2.17. The second-order valence-corrected chi connectivity index (χ2v) is 5.31. The molecule has 0 aromatic carbocycles. The van der Waals surface area contributed by atoms with Gasteiger partial charge in [-0.1, -0.05) is 40.0 Å². The molecule has 0 aliphatic carbocycles. The molecular formula is C14H25ClN2. The van der Waals surface area contributed by atoms with Gasteiger partial charge in [0.2, 0.25) is 0 Å². The molecule has 1 aromatic rings. The zero-order chi connectivity index (χ0) is 12.7. The molecule has 0 spiro atoms. The van der Waals surface area contributed by atoms with Gasteiger partial charge in [-0.3, -0.25) is 4.68 Å². The van der Waals surface area contributed by atoms with Gasteiger partial charge in [-0.15, -0.1) is 11.6 Å². The normalized spacial score (nSPS) is 14.8. The minimum atomic E-state index is 0.111. The number of alkyl halides is 1. The van der Waals surface area contributed by atoms with Gasteiger partial charge in [0.1, 0.15) is 0 Å². The molecule has 0 radical (unpaired) electrons. The molecule has 0 aliphatic heterocycles. The lowest BCUT2D eigenvalue weighted by Gasteiger charge is -2.14. The topological polar surface area (TPSA) is 17.8 Å². The van der Waals surface area contributed by atoms with Gasteiger partial charge in [-0.25, -0.2) is 0 Å². The quantitative estimate of drug-likeness (QED) is 0.612. The molecule has 3 heteroatoms. The highest BCUT2D eigenvalue weighted by Gasteiger charge is 2.11. The maximum absolute atomic E-state index is 6.20. The van der Waals surface area contributed by atoms with Gasteiger partial charge in [-0.2, -0.15) is 5.10 Å². The maximum Gasteiger partial charge on any atom is 0.0613 e. The van der Waals surface area contributed by atoms with Crippen LogP contribution in [0.3, 0.4) is 0 Å². The first kappa shape index (κ1) is 14.6. The van der Waals surface area contributed by atoms with E-state index in [1.54, 1.807) is 0 Å². The van der Waals surface area contributed by atoms with Gasteiger partial charge in [0.15, 0.2) is 0 Å². The smallest absolute Gasteiger partial charge is 0.0613 e. The van der Waals surface area contributed by atoms with Crippen molar-refractivity contribution >= 4 is 11.6 Å². The van der Waals surface area contributed by atoms with Crippen LogP contribution in [0.1, 0.15) is 63.8 Å².